The van der Waals surface area contributed by atoms with Crippen LogP contribution in [-0.4, -0.2) is 53.9 Å². The number of carboxylic acid groups (broad SMARTS) is 1. The summed E-state index contributed by atoms with van der Waals surface area (Å²) in [5, 5.41) is 11.5. The van der Waals surface area contributed by atoms with Crippen LogP contribution in [0.4, 0.5) is 5.82 Å². The number of carboxylic acids is 1. The lowest BCUT2D eigenvalue weighted by Gasteiger charge is -2.14. The van der Waals surface area contributed by atoms with Gasteiger partial charge in [-0.05, 0) is 6.07 Å². The molecule has 0 aliphatic rings. The monoisotopic (exact) mass is 269 g/mol. The second-order valence-corrected chi connectivity index (χ2v) is 3.59. The number of anilines is 1. The number of methoxy groups -OCH3 is 2. The van der Waals surface area contributed by atoms with E-state index >= 15 is 0 Å². The molecule has 19 heavy (non-hydrogen) atoms. The lowest BCUT2D eigenvalue weighted by atomic mass is 10.2. The second kappa shape index (κ2) is 7.27. The number of carbonyl (C=O) groups is 2. The Morgan fingerprint density at radius 3 is 2.79 bits per heavy atom. The van der Waals surface area contributed by atoms with Crippen molar-refractivity contribution in [3.63, 3.8) is 0 Å². The Hall–Kier alpha value is -2.22. The smallest absolute Gasteiger partial charge is 0.376 e. The predicted molar refractivity (Wildman–Crippen MR) is 64.9 cm³/mol. The van der Waals surface area contributed by atoms with E-state index in [-0.39, 0.29) is 18.8 Å². The number of hydrogen-bond acceptors (Lipinski definition) is 7. The van der Waals surface area contributed by atoms with Crippen molar-refractivity contribution in [3.05, 3.63) is 18.1 Å². The van der Waals surface area contributed by atoms with E-state index in [9.17, 15) is 9.59 Å². The molecule has 1 heterocycles. The van der Waals surface area contributed by atoms with Crippen LogP contribution in [0.3, 0.4) is 0 Å². The van der Waals surface area contributed by atoms with Gasteiger partial charge < -0.3 is 19.9 Å². The van der Waals surface area contributed by atoms with E-state index in [1.54, 1.807) is 6.07 Å². The molecule has 1 aromatic rings. The summed E-state index contributed by atoms with van der Waals surface area (Å²) in [6.07, 6.45) is 0.785. The van der Waals surface area contributed by atoms with Gasteiger partial charge in [0.25, 0.3) is 0 Å². The summed E-state index contributed by atoms with van der Waals surface area (Å²) in [5.41, 5.74) is 0. The Labute approximate surface area is 109 Å². The van der Waals surface area contributed by atoms with Crippen LogP contribution >= 0.6 is 0 Å². The third kappa shape index (κ3) is 4.88. The number of hydrogen-bond donors (Lipinski definition) is 2. The summed E-state index contributed by atoms with van der Waals surface area (Å²) in [6, 6.07) is 1.56. The lowest BCUT2D eigenvalue weighted by Crippen LogP contribution is -2.25. The average Bonchev–Trinajstić information content (AvgIpc) is 2.42. The van der Waals surface area contributed by atoms with Crippen molar-refractivity contribution in [1.82, 2.24) is 9.97 Å². The maximum Gasteiger partial charge on any atom is 0.376 e. The van der Waals surface area contributed by atoms with Crippen molar-refractivity contribution >= 4 is 17.8 Å². The van der Waals surface area contributed by atoms with Gasteiger partial charge in [0.2, 0.25) is 5.82 Å². The summed E-state index contributed by atoms with van der Waals surface area (Å²) >= 11 is 0. The van der Waals surface area contributed by atoms with Crippen LogP contribution in [0, 0.1) is 0 Å². The molecule has 0 fully saturated rings. The first kappa shape index (κ1) is 14.8. The van der Waals surface area contributed by atoms with E-state index < -0.39 is 18.0 Å². The van der Waals surface area contributed by atoms with Crippen LogP contribution in [0.1, 0.15) is 17.0 Å². The van der Waals surface area contributed by atoms with Gasteiger partial charge >= 0.3 is 11.9 Å². The van der Waals surface area contributed by atoms with Gasteiger partial charge in [0, 0.05) is 19.9 Å². The van der Waals surface area contributed by atoms with E-state index in [1.807, 2.05) is 0 Å². The summed E-state index contributed by atoms with van der Waals surface area (Å²) in [6.45, 7) is 0.250. The molecule has 8 nitrogen and oxygen atoms in total. The molecule has 0 aromatic carbocycles. The van der Waals surface area contributed by atoms with Crippen molar-refractivity contribution in [1.29, 1.82) is 0 Å². The molecule has 2 N–H and O–H groups in total. The normalized spacial score (nSPS) is 11.7. The molecule has 0 bridgehead atoms. The Morgan fingerprint density at radius 1 is 1.47 bits per heavy atom. The van der Waals surface area contributed by atoms with Gasteiger partial charge in [-0.3, -0.25) is 4.79 Å². The molecule has 1 rings (SSSR count). The Morgan fingerprint density at radius 2 is 2.21 bits per heavy atom. The minimum atomic E-state index is -0.952. The van der Waals surface area contributed by atoms with Crippen molar-refractivity contribution in [2.24, 2.45) is 0 Å². The molecule has 8 heteroatoms. The molecular weight excluding hydrogens is 254 g/mol. The van der Waals surface area contributed by atoms with Gasteiger partial charge in [-0.25, -0.2) is 14.8 Å². The van der Waals surface area contributed by atoms with E-state index in [1.165, 1.54) is 20.4 Å². The highest BCUT2D eigenvalue weighted by Crippen LogP contribution is 2.05. The largest absolute Gasteiger partial charge is 0.481 e. The number of aromatic nitrogens is 2. The highest BCUT2D eigenvalue weighted by Gasteiger charge is 2.13. The first-order valence-electron chi connectivity index (χ1n) is 5.46. The second-order valence-electron chi connectivity index (χ2n) is 3.59. The highest BCUT2D eigenvalue weighted by molar-refractivity contribution is 5.85. The van der Waals surface area contributed by atoms with Crippen molar-refractivity contribution < 1.29 is 24.2 Å². The number of esters is 1. The van der Waals surface area contributed by atoms with E-state index in [4.69, 9.17) is 9.84 Å². The van der Waals surface area contributed by atoms with Gasteiger partial charge in [-0.15, -0.1) is 0 Å². The number of carbonyl (C=O) groups excluding carboxylic acids is 1. The zero-order chi connectivity index (χ0) is 14.3. The molecule has 1 aromatic heterocycles. The maximum absolute atomic E-state index is 11.2. The van der Waals surface area contributed by atoms with Crippen molar-refractivity contribution in [2.75, 3.05) is 26.1 Å². The highest BCUT2D eigenvalue weighted by atomic mass is 16.5. The van der Waals surface area contributed by atoms with Crippen LogP contribution in [0.2, 0.25) is 0 Å². The Bertz CT molecular complexity index is 452. The standard InChI is InChI=1S/C11H15N3O5/c1-18-7(5-9(15)16)6-13-8-3-4-12-10(14-8)11(17)19-2/h3-4,7H,5-6H2,1-2H3,(H,15,16)(H,12,13,14). The number of nitrogens with one attached hydrogen (secondary N) is 1. The summed E-state index contributed by atoms with van der Waals surface area (Å²) in [7, 11) is 2.66. The fourth-order valence-electron chi connectivity index (χ4n) is 1.30. The van der Waals surface area contributed by atoms with E-state index in [0.717, 1.165) is 0 Å². The Balaban J connectivity index is 2.61. The van der Waals surface area contributed by atoms with Crippen LogP contribution in [0.25, 0.3) is 0 Å². The SMILES string of the molecule is COC(=O)c1nccc(NCC(CC(=O)O)OC)n1. The minimum absolute atomic E-state index is 0.0697. The van der Waals surface area contributed by atoms with Gasteiger partial charge in [0.15, 0.2) is 0 Å². The van der Waals surface area contributed by atoms with Gasteiger partial charge in [-0.1, -0.05) is 0 Å². The van der Waals surface area contributed by atoms with Crippen LogP contribution in [0.5, 0.6) is 0 Å². The van der Waals surface area contributed by atoms with E-state index in [0.29, 0.717) is 5.82 Å². The first-order chi connectivity index (χ1) is 9.06. The zero-order valence-corrected chi connectivity index (χ0v) is 10.6. The minimum Gasteiger partial charge on any atom is -0.481 e. The number of ether oxygens (including phenoxy) is 2. The molecule has 0 saturated carbocycles. The third-order valence-corrected chi connectivity index (χ3v) is 2.27. The summed E-state index contributed by atoms with van der Waals surface area (Å²) in [4.78, 5) is 29.5. The predicted octanol–water partition coefficient (Wildman–Crippen LogP) is 0.165. The molecule has 0 aliphatic carbocycles. The van der Waals surface area contributed by atoms with Gasteiger partial charge in [-0.2, -0.15) is 0 Å². The molecule has 104 valence electrons. The molecule has 1 unspecified atom stereocenters. The molecule has 0 radical (unpaired) electrons. The van der Waals surface area contributed by atoms with Gasteiger partial charge in [0.05, 0.1) is 19.6 Å². The molecule has 0 saturated heterocycles. The third-order valence-electron chi connectivity index (χ3n) is 2.27. The topological polar surface area (TPSA) is 111 Å². The van der Waals surface area contributed by atoms with E-state index in [2.05, 4.69) is 20.0 Å². The van der Waals surface area contributed by atoms with Crippen molar-refractivity contribution in [2.45, 2.75) is 12.5 Å². The Kier molecular flexibility index (Phi) is 5.68. The average molecular weight is 269 g/mol. The molecule has 0 aliphatic heterocycles. The van der Waals surface area contributed by atoms with Crippen LogP contribution < -0.4 is 5.32 Å². The first-order valence-corrected chi connectivity index (χ1v) is 5.46. The fraction of sp³-hybridized carbons (Fsp3) is 0.455. The molecular formula is C11H15N3O5. The van der Waals surface area contributed by atoms with Crippen LogP contribution in [-0.2, 0) is 14.3 Å². The lowest BCUT2D eigenvalue weighted by molar-refractivity contribution is -0.139. The maximum atomic E-state index is 11.2. The molecule has 0 amide bonds. The number of nitrogens with zero attached hydrogens (tertiary/aromatic N) is 2. The quantitative estimate of drug-likeness (QED) is 0.674. The summed E-state index contributed by atoms with van der Waals surface area (Å²) in [5.74, 6) is -1.27. The fourth-order valence-corrected chi connectivity index (χ4v) is 1.30. The van der Waals surface area contributed by atoms with Crippen LogP contribution in [0.15, 0.2) is 12.3 Å². The summed E-state index contributed by atoms with van der Waals surface area (Å²) < 4.78 is 9.50. The number of aliphatic carboxylic acids is 1. The molecule has 0 spiro atoms. The van der Waals surface area contributed by atoms with Crippen molar-refractivity contribution in [3.8, 4) is 0 Å². The zero-order valence-electron chi connectivity index (χ0n) is 10.6. The van der Waals surface area contributed by atoms with Gasteiger partial charge in [0.1, 0.15) is 5.82 Å². The molecule has 1 atom stereocenters. The number of rotatable bonds is 7.